The second kappa shape index (κ2) is 6.12. The van der Waals surface area contributed by atoms with Crippen molar-refractivity contribution >= 4 is 11.6 Å². The first kappa shape index (κ1) is 16.3. The number of ether oxygens (including phenoxy) is 1. The maximum atomic E-state index is 14.5. The van der Waals surface area contributed by atoms with E-state index in [1.165, 1.54) is 12.1 Å². The molecule has 2 aromatic carbocycles. The van der Waals surface area contributed by atoms with E-state index in [1.54, 1.807) is 12.1 Å². The van der Waals surface area contributed by atoms with Gasteiger partial charge in [0.05, 0.1) is 11.3 Å². The average Bonchev–Trinajstić information content (AvgIpc) is 2.57. The highest BCUT2D eigenvalue weighted by Gasteiger charge is 2.37. The molecule has 8 heteroatoms. The average molecular weight is 341 g/mol. The number of halogens is 4. The van der Waals surface area contributed by atoms with Gasteiger partial charge in [0.2, 0.25) is 6.10 Å². The molecule has 1 heterocycles. The Morgan fingerprint density at radius 3 is 2.46 bits per heavy atom. The van der Waals surface area contributed by atoms with Crippen LogP contribution in [0.5, 0.6) is 5.75 Å². The molecule has 1 aliphatic heterocycles. The molecule has 0 spiro atoms. The number of fused-ring (bicyclic) bond motifs is 1. The van der Waals surface area contributed by atoms with Gasteiger partial charge < -0.3 is 15.2 Å². The summed E-state index contributed by atoms with van der Waals surface area (Å²) in [4.78, 5) is 12.1. The minimum Gasteiger partial charge on any atom is -0.473 e. The maximum absolute atomic E-state index is 14.5. The SMILES string of the molecule is O=C1Nc2ccccc2OC1c1c(F)c(F)c(F)c(CCO)c1F. The van der Waals surface area contributed by atoms with E-state index < -0.39 is 59.4 Å². The van der Waals surface area contributed by atoms with Crippen LogP contribution in [0.2, 0.25) is 0 Å². The van der Waals surface area contributed by atoms with Gasteiger partial charge in [-0.05, 0) is 12.1 Å². The molecule has 0 bridgehead atoms. The van der Waals surface area contributed by atoms with Gasteiger partial charge in [0, 0.05) is 18.6 Å². The van der Waals surface area contributed by atoms with Crippen LogP contribution in [-0.2, 0) is 11.2 Å². The van der Waals surface area contributed by atoms with E-state index >= 15 is 0 Å². The molecule has 0 radical (unpaired) electrons. The molecule has 1 amide bonds. The Bertz CT molecular complexity index is 825. The fourth-order valence-corrected chi connectivity index (χ4v) is 2.51. The lowest BCUT2D eigenvalue weighted by Crippen LogP contribution is -2.32. The molecule has 126 valence electrons. The minimum atomic E-state index is -1.93. The third-order valence-corrected chi connectivity index (χ3v) is 3.64. The summed E-state index contributed by atoms with van der Waals surface area (Å²) >= 11 is 0. The fourth-order valence-electron chi connectivity index (χ4n) is 2.51. The monoisotopic (exact) mass is 341 g/mol. The summed E-state index contributed by atoms with van der Waals surface area (Å²) in [6, 6.07) is 6.15. The van der Waals surface area contributed by atoms with Crippen LogP contribution in [0, 0.1) is 23.3 Å². The first-order valence-corrected chi connectivity index (χ1v) is 6.97. The molecule has 1 aliphatic rings. The summed E-state index contributed by atoms with van der Waals surface area (Å²) in [5.41, 5.74) is -1.59. The van der Waals surface area contributed by atoms with Crippen molar-refractivity contribution in [3.63, 3.8) is 0 Å². The van der Waals surface area contributed by atoms with Crippen molar-refractivity contribution in [3.8, 4) is 5.75 Å². The van der Waals surface area contributed by atoms with Crippen LogP contribution >= 0.6 is 0 Å². The van der Waals surface area contributed by atoms with Gasteiger partial charge in [-0.3, -0.25) is 4.79 Å². The van der Waals surface area contributed by atoms with Gasteiger partial charge in [-0.15, -0.1) is 0 Å². The van der Waals surface area contributed by atoms with Crippen molar-refractivity contribution in [2.45, 2.75) is 12.5 Å². The molecule has 1 atom stereocenters. The summed E-state index contributed by atoms with van der Waals surface area (Å²) in [6.45, 7) is -0.682. The van der Waals surface area contributed by atoms with Crippen molar-refractivity contribution in [1.82, 2.24) is 0 Å². The van der Waals surface area contributed by atoms with E-state index in [2.05, 4.69) is 5.32 Å². The highest BCUT2D eigenvalue weighted by Crippen LogP contribution is 2.38. The Balaban J connectivity index is 2.14. The number of amides is 1. The number of aliphatic hydroxyl groups is 1. The second-order valence-corrected chi connectivity index (χ2v) is 5.11. The standard InChI is InChI=1S/C16H11F4NO3/c17-11-7(5-6-22)12(18)14(20)13(19)10(11)15-16(23)21-8-3-1-2-4-9(8)24-15/h1-4,15,22H,5-6H2,(H,21,23). The Morgan fingerprint density at radius 1 is 1.04 bits per heavy atom. The zero-order valence-electron chi connectivity index (χ0n) is 12.1. The van der Waals surface area contributed by atoms with Crippen LogP contribution < -0.4 is 10.1 Å². The summed E-state index contributed by atoms with van der Waals surface area (Å²) in [6.07, 6.45) is -2.40. The Kier molecular flexibility index (Phi) is 4.15. The number of hydrogen-bond acceptors (Lipinski definition) is 3. The molecule has 4 nitrogen and oxygen atoms in total. The summed E-state index contributed by atoms with van der Waals surface area (Å²) in [5.74, 6) is -7.75. The molecule has 3 rings (SSSR count). The first-order valence-electron chi connectivity index (χ1n) is 6.97. The maximum Gasteiger partial charge on any atom is 0.270 e. The molecular formula is C16H11F4NO3. The van der Waals surface area contributed by atoms with Crippen LogP contribution in [0.1, 0.15) is 17.2 Å². The third-order valence-electron chi connectivity index (χ3n) is 3.64. The topological polar surface area (TPSA) is 58.6 Å². The highest BCUT2D eigenvalue weighted by atomic mass is 19.2. The number of aliphatic hydroxyl groups excluding tert-OH is 1. The number of carbonyl (C=O) groups is 1. The van der Waals surface area contributed by atoms with Crippen molar-refractivity contribution in [3.05, 3.63) is 58.7 Å². The third kappa shape index (κ3) is 2.48. The number of nitrogens with one attached hydrogen (secondary N) is 1. The number of carbonyl (C=O) groups excluding carboxylic acids is 1. The fraction of sp³-hybridized carbons (Fsp3) is 0.188. The quantitative estimate of drug-likeness (QED) is 0.513. The molecule has 1 unspecified atom stereocenters. The number of benzene rings is 2. The zero-order valence-corrected chi connectivity index (χ0v) is 12.1. The lowest BCUT2D eigenvalue weighted by atomic mass is 9.99. The lowest BCUT2D eigenvalue weighted by molar-refractivity contribution is -0.124. The van der Waals surface area contributed by atoms with E-state index in [0.717, 1.165) is 0 Å². The van der Waals surface area contributed by atoms with E-state index in [4.69, 9.17) is 9.84 Å². The minimum absolute atomic E-state index is 0.134. The van der Waals surface area contributed by atoms with Crippen molar-refractivity contribution in [1.29, 1.82) is 0 Å². The van der Waals surface area contributed by atoms with Gasteiger partial charge in [-0.2, -0.15) is 0 Å². The molecule has 0 aromatic heterocycles. The normalized spacial score (nSPS) is 16.4. The molecule has 0 fully saturated rings. The summed E-state index contributed by atoms with van der Waals surface area (Å²) < 4.78 is 61.3. The molecule has 2 N–H and O–H groups in total. The van der Waals surface area contributed by atoms with Crippen LogP contribution in [0.25, 0.3) is 0 Å². The van der Waals surface area contributed by atoms with Crippen LogP contribution in [0.4, 0.5) is 23.2 Å². The van der Waals surface area contributed by atoms with Gasteiger partial charge in [-0.1, -0.05) is 12.1 Å². The van der Waals surface area contributed by atoms with Crippen LogP contribution in [0.15, 0.2) is 24.3 Å². The molecule has 0 saturated carbocycles. The smallest absolute Gasteiger partial charge is 0.270 e. The van der Waals surface area contributed by atoms with E-state index in [0.29, 0.717) is 0 Å². The molecule has 0 aliphatic carbocycles. The van der Waals surface area contributed by atoms with Gasteiger partial charge in [-0.25, -0.2) is 17.6 Å². The Labute approximate surface area is 133 Å². The van der Waals surface area contributed by atoms with Crippen LogP contribution in [-0.4, -0.2) is 17.6 Å². The van der Waals surface area contributed by atoms with Crippen molar-refractivity contribution in [2.24, 2.45) is 0 Å². The van der Waals surface area contributed by atoms with Gasteiger partial charge in [0.15, 0.2) is 17.5 Å². The largest absolute Gasteiger partial charge is 0.473 e. The molecule has 2 aromatic rings. The molecule has 24 heavy (non-hydrogen) atoms. The zero-order chi connectivity index (χ0) is 17.4. The summed E-state index contributed by atoms with van der Waals surface area (Å²) in [7, 11) is 0. The Hall–Kier alpha value is -2.61. The number of rotatable bonds is 3. The van der Waals surface area contributed by atoms with E-state index in [9.17, 15) is 22.4 Å². The van der Waals surface area contributed by atoms with Crippen molar-refractivity contribution < 1.29 is 32.2 Å². The molecular weight excluding hydrogens is 330 g/mol. The highest BCUT2D eigenvalue weighted by molar-refractivity contribution is 5.98. The van der Waals surface area contributed by atoms with E-state index in [-0.39, 0.29) is 11.4 Å². The number of para-hydroxylation sites is 2. The first-order chi connectivity index (χ1) is 11.5. The van der Waals surface area contributed by atoms with Gasteiger partial charge >= 0.3 is 0 Å². The van der Waals surface area contributed by atoms with Crippen LogP contribution in [0.3, 0.4) is 0 Å². The molecule has 0 saturated heterocycles. The van der Waals surface area contributed by atoms with Crippen molar-refractivity contribution in [2.75, 3.05) is 11.9 Å². The second-order valence-electron chi connectivity index (χ2n) is 5.11. The number of anilines is 1. The van der Waals surface area contributed by atoms with E-state index in [1.807, 2.05) is 0 Å². The number of hydrogen-bond donors (Lipinski definition) is 2. The predicted molar refractivity (Wildman–Crippen MR) is 75.5 cm³/mol. The van der Waals surface area contributed by atoms with Gasteiger partial charge in [0.1, 0.15) is 11.6 Å². The summed E-state index contributed by atoms with van der Waals surface area (Å²) in [5, 5.41) is 11.2. The predicted octanol–water partition coefficient (Wildman–Crippen LogP) is 2.85. The Morgan fingerprint density at radius 2 is 1.75 bits per heavy atom. The van der Waals surface area contributed by atoms with Gasteiger partial charge in [0.25, 0.3) is 5.91 Å². The lowest BCUT2D eigenvalue weighted by Gasteiger charge is -2.27.